The summed E-state index contributed by atoms with van der Waals surface area (Å²) in [4.78, 5) is 12.3. The van der Waals surface area contributed by atoms with Gasteiger partial charge in [-0.15, -0.1) is 0 Å². The molecular weight excluding hydrogens is 222 g/mol. The van der Waals surface area contributed by atoms with Crippen LogP contribution in [-0.2, 0) is 6.42 Å². The molecule has 0 unspecified atom stereocenters. The molecule has 2 rings (SSSR count). The lowest BCUT2D eigenvalue weighted by Gasteiger charge is -2.06. The summed E-state index contributed by atoms with van der Waals surface area (Å²) in [5, 5.41) is 8.77. The molecule has 88 valence electrons. The number of rotatable bonds is 3. The molecular formula is C16H13NO. The van der Waals surface area contributed by atoms with Gasteiger partial charge < -0.3 is 0 Å². The highest BCUT2D eigenvalue weighted by Gasteiger charge is 2.12. The van der Waals surface area contributed by atoms with Gasteiger partial charge in [-0.25, -0.2) is 0 Å². The Morgan fingerprint density at radius 1 is 1.11 bits per heavy atom. The largest absolute Gasteiger partial charge is 0.289 e. The number of hydrogen-bond donors (Lipinski definition) is 0. The summed E-state index contributed by atoms with van der Waals surface area (Å²) >= 11 is 0. The van der Waals surface area contributed by atoms with Gasteiger partial charge in [0.25, 0.3) is 0 Å². The van der Waals surface area contributed by atoms with Crippen molar-refractivity contribution in [3.63, 3.8) is 0 Å². The van der Waals surface area contributed by atoms with E-state index in [1.54, 1.807) is 6.07 Å². The third-order valence-electron chi connectivity index (χ3n) is 2.85. The fourth-order valence-corrected chi connectivity index (χ4v) is 1.84. The minimum Gasteiger partial charge on any atom is -0.289 e. The van der Waals surface area contributed by atoms with Gasteiger partial charge in [0.05, 0.1) is 12.5 Å². The van der Waals surface area contributed by atoms with Crippen molar-refractivity contribution in [1.29, 1.82) is 5.26 Å². The Bertz CT molecular complexity index is 606. The van der Waals surface area contributed by atoms with E-state index in [0.717, 1.165) is 11.1 Å². The van der Waals surface area contributed by atoms with Crippen molar-refractivity contribution in [2.75, 3.05) is 0 Å². The van der Waals surface area contributed by atoms with E-state index < -0.39 is 0 Å². The zero-order chi connectivity index (χ0) is 13.0. The molecule has 0 amide bonds. The SMILES string of the molecule is Cc1ccc(C(=O)c2ccccc2CC#N)cc1. The Hall–Kier alpha value is -2.40. The van der Waals surface area contributed by atoms with Crippen LogP contribution >= 0.6 is 0 Å². The van der Waals surface area contributed by atoms with E-state index in [2.05, 4.69) is 6.07 Å². The first kappa shape index (κ1) is 12.1. The Labute approximate surface area is 107 Å². The third kappa shape index (κ3) is 2.46. The maximum Gasteiger partial charge on any atom is 0.193 e. The molecule has 0 fully saturated rings. The van der Waals surface area contributed by atoms with Gasteiger partial charge in [0.1, 0.15) is 0 Å². The molecule has 2 nitrogen and oxygen atoms in total. The summed E-state index contributed by atoms with van der Waals surface area (Å²) in [5.74, 6) is -0.0270. The maximum atomic E-state index is 12.3. The number of nitrogens with zero attached hydrogens (tertiary/aromatic N) is 1. The summed E-state index contributed by atoms with van der Waals surface area (Å²) in [6.45, 7) is 1.98. The first-order chi connectivity index (χ1) is 8.72. The summed E-state index contributed by atoms with van der Waals surface area (Å²) in [5.41, 5.74) is 3.18. The molecule has 0 bridgehead atoms. The summed E-state index contributed by atoms with van der Waals surface area (Å²) < 4.78 is 0. The van der Waals surface area contributed by atoms with Gasteiger partial charge in [0, 0.05) is 11.1 Å². The molecule has 0 saturated carbocycles. The van der Waals surface area contributed by atoms with Crippen LogP contribution in [0.25, 0.3) is 0 Å². The predicted molar refractivity (Wildman–Crippen MR) is 70.4 cm³/mol. The standard InChI is InChI=1S/C16H13NO/c1-12-6-8-14(9-7-12)16(18)15-5-3-2-4-13(15)10-11-17/h2-9H,10H2,1H3. The number of nitriles is 1. The smallest absolute Gasteiger partial charge is 0.193 e. The lowest BCUT2D eigenvalue weighted by molar-refractivity contribution is 0.103. The van der Waals surface area contributed by atoms with Crippen LogP contribution in [-0.4, -0.2) is 5.78 Å². The fourth-order valence-electron chi connectivity index (χ4n) is 1.84. The van der Waals surface area contributed by atoms with E-state index in [0.29, 0.717) is 11.1 Å². The average Bonchev–Trinajstić information content (AvgIpc) is 2.40. The molecule has 2 aromatic carbocycles. The molecule has 2 aromatic rings. The number of ketones is 1. The number of carbonyl (C=O) groups excluding carboxylic acids is 1. The molecule has 0 aromatic heterocycles. The van der Waals surface area contributed by atoms with Crippen LogP contribution in [0.3, 0.4) is 0 Å². The first-order valence-electron chi connectivity index (χ1n) is 5.78. The van der Waals surface area contributed by atoms with Crippen molar-refractivity contribution in [1.82, 2.24) is 0 Å². The quantitative estimate of drug-likeness (QED) is 0.766. The van der Waals surface area contributed by atoms with Crippen LogP contribution in [0, 0.1) is 18.3 Å². The summed E-state index contributed by atoms with van der Waals surface area (Å²) in [7, 11) is 0. The van der Waals surface area contributed by atoms with Crippen LogP contribution in [0.4, 0.5) is 0 Å². The van der Waals surface area contributed by atoms with Crippen LogP contribution in [0.2, 0.25) is 0 Å². The molecule has 0 saturated heterocycles. The zero-order valence-corrected chi connectivity index (χ0v) is 10.2. The molecule has 0 atom stereocenters. The molecule has 0 N–H and O–H groups in total. The highest BCUT2D eigenvalue weighted by Crippen LogP contribution is 2.15. The van der Waals surface area contributed by atoms with Crippen molar-refractivity contribution < 1.29 is 4.79 Å². The van der Waals surface area contributed by atoms with Crippen LogP contribution < -0.4 is 0 Å². The number of aryl methyl sites for hydroxylation is 1. The fraction of sp³-hybridized carbons (Fsp3) is 0.125. The molecule has 0 heterocycles. The summed E-state index contributed by atoms with van der Waals surface area (Å²) in [6, 6.07) is 16.8. The molecule has 0 aliphatic carbocycles. The third-order valence-corrected chi connectivity index (χ3v) is 2.85. The molecule has 2 heteroatoms. The van der Waals surface area contributed by atoms with E-state index in [4.69, 9.17) is 5.26 Å². The van der Waals surface area contributed by atoms with Gasteiger partial charge in [-0.1, -0.05) is 54.1 Å². The minimum atomic E-state index is -0.0270. The summed E-state index contributed by atoms with van der Waals surface area (Å²) in [6.07, 6.45) is 0.258. The number of carbonyl (C=O) groups is 1. The van der Waals surface area contributed by atoms with Crippen LogP contribution in [0.1, 0.15) is 27.0 Å². The second-order valence-electron chi connectivity index (χ2n) is 4.19. The Kier molecular flexibility index (Phi) is 3.54. The second-order valence-corrected chi connectivity index (χ2v) is 4.19. The van der Waals surface area contributed by atoms with Gasteiger partial charge >= 0.3 is 0 Å². The highest BCUT2D eigenvalue weighted by atomic mass is 16.1. The minimum absolute atomic E-state index is 0.0270. The van der Waals surface area contributed by atoms with Crippen LogP contribution in [0.15, 0.2) is 48.5 Å². The molecule has 0 spiro atoms. The van der Waals surface area contributed by atoms with Crippen LogP contribution in [0.5, 0.6) is 0 Å². The van der Waals surface area contributed by atoms with Crippen molar-refractivity contribution >= 4 is 5.78 Å². The van der Waals surface area contributed by atoms with E-state index in [1.165, 1.54) is 0 Å². The Morgan fingerprint density at radius 3 is 2.44 bits per heavy atom. The lowest BCUT2D eigenvalue weighted by atomic mass is 9.96. The molecule has 0 radical (unpaired) electrons. The monoisotopic (exact) mass is 235 g/mol. The molecule has 0 aliphatic heterocycles. The van der Waals surface area contributed by atoms with Gasteiger partial charge in [-0.05, 0) is 12.5 Å². The van der Waals surface area contributed by atoms with Gasteiger partial charge in [0.2, 0.25) is 0 Å². The van der Waals surface area contributed by atoms with Crippen molar-refractivity contribution in [2.24, 2.45) is 0 Å². The normalized spacial score (nSPS) is 9.78. The van der Waals surface area contributed by atoms with E-state index >= 15 is 0 Å². The zero-order valence-electron chi connectivity index (χ0n) is 10.2. The van der Waals surface area contributed by atoms with Crippen molar-refractivity contribution in [3.8, 4) is 6.07 Å². The first-order valence-corrected chi connectivity index (χ1v) is 5.78. The second kappa shape index (κ2) is 5.29. The number of benzene rings is 2. The van der Waals surface area contributed by atoms with E-state index in [9.17, 15) is 4.79 Å². The van der Waals surface area contributed by atoms with E-state index in [1.807, 2.05) is 49.4 Å². The van der Waals surface area contributed by atoms with Gasteiger partial charge in [0.15, 0.2) is 5.78 Å². The predicted octanol–water partition coefficient (Wildman–Crippen LogP) is 3.29. The van der Waals surface area contributed by atoms with Crippen molar-refractivity contribution in [2.45, 2.75) is 13.3 Å². The van der Waals surface area contributed by atoms with Gasteiger partial charge in [-0.3, -0.25) is 4.79 Å². The number of hydrogen-bond acceptors (Lipinski definition) is 2. The maximum absolute atomic E-state index is 12.3. The average molecular weight is 235 g/mol. The Balaban J connectivity index is 2.40. The van der Waals surface area contributed by atoms with Crippen molar-refractivity contribution in [3.05, 3.63) is 70.8 Å². The topological polar surface area (TPSA) is 40.9 Å². The lowest BCUT2D eigenvalue weighted by Crippen LogP contribution is -2.05. The highest BCUT2D eigenvalue weighted by molar-refractivity contribution is 6.09. The molecule has 18 heavy (non-hydrogen) atoms. The molecule has 0 aliphatic rings. The van der Waals surface area contributed by atoms with E-state index in [-0.39, 0.29) is 12.2 Å². The van der Waals surface area contributed by atoms with Gasteiger partial charge in [-0.2, -0.15) is 5.26 Å². The Morgan fingerprint density at radius 2 is 1.78 bits per heavy atom.